The molecule has 0 fully saturated rings. The van der Waals surface area contributed by atoms with Crippen molar-refractivity contribution in [1.82, 2.24) is 4.72 Å². The lowest BCUT2D eigenvalue weighted by atomic mass is 10.2. The van der Waals surface area contributed by atoms with Crippen molar-refractivity contribution in [1.29, 1.82) is 0 Å². The zero-order valence-corrected chi connectivity index (χ0v) is 13.0. The molecular weight excluding hydrogens is 278 g/mol. The van der Waals surface area contributed by atoms with Crippen LogP contribution in [0.4, 0.5) is 0 Å². The zero-order valence-electron chi connectivity index (χ0n) is 12.2. The minimum atomic E-state index is -3.61. The zero-order chi connectivity index (χ0) is 15.2. The summed E-state index contributed by atoms with van der Waals surface area (Å²) in [6, 6.07) is 4.30. The minimum Gasteiger partial charge on any atom is -0.493 e. The Kier molecular flexibility index (Phi) is 6.45. The fourth-order valence-corrected chi connectivity index (χ4v) is 3.10. The minimum absolute atomic E-state index is 0.186. The van der Waals surface area contributed by atoms with Gasteiger partial charge in [-0.2, -0.15) is 0 Å². The fourth-order valence-electron chi connectivity index (χ4n) is 1.70. The molecule has 1 aromatic carbocycles. The Balaban J connectivity index is 2.93. The van der Waals surface area contributed by atoms with Crippen LogP contribution in [-0.4, -0.2) is 32.8 Å². The van der Waals surface area contributed by atoms with Gasteiger partial charge in [-0.1, -0.05) is 13.8 Å². The molecule has 0 spiro atoms. The summed E-state index contributed by atoms with van der Waals surface area (Å²) in [5.74, 6) is 0.694. The average Bonchev–Trinajstić information content (AvgIpc) is 2.43. The molecule has 114 valence electrons. The quantitative estimate of drug-likeness (QED) is 0.768. The third-order valence-electron chi connectivity index (χ3n) is 2.95. The first-order valence-corrected chi connectivity index (χ1v) is 8.29. The maximum Gasteiger partial charge on any atom is 0.240 e. The van der Waals surface area contributed by atoms with Gasteiger partial charge in [0.25, 0.3) is 0 Å². The number of hydrogen-bond acceptors (Lipinski definition) is 4. The molecule has 0 aromatic heterocycles. The van der Waals surface area contributed by atoms with Crippen LogP contribution in [0.3, 0.4) is 0 Å². The number of aliphatic hydroxyl groups is 1. The van der Waals surface area contributed by atoms with Gasteiger partial charge in [0.2, 0.25) is 10.0 Å². The molecule has 0 saturated carbocycles. The standard InChI is InChI=1S/C14H23NO4S/c1-4-8-19-14-7-6-13(9-11(14)3)20(17,18)15-12(5-2)10-16/h6-7,9,12,15-16H,4-5,8,10H2,1-3H3/t12-/m1/s1. The molecule has 1 rings (SSSR count). The van der Waals surface area contributed by atoms with E-state index in [0.29, 0.717) is 18.8 Å². The van der Waals surface area contributed by atoms with Gasteiger partial charge in [-0.3, -0.25) is 0 Å². The highest BCUT2D eigenvalue weighted by atomic mass is 32.2. The summed E-state index contributed by atoms with van der Waals surface area (Å²) in [6.07, 6.45) is 1.43. The third kappa shape index (κ3) is 4.47. The van der Waals surface area contributed by atoms with Crippen molar-refractivity contribution in [2.24, 2.45) is 0 Å². The first-order chi connectivity index (χ1) is 9.44. The summed E-state index contributed by atoms with van der Waals surface area (Å²) in [6.45, 7) is 6.03. The summed E-state index contributed by atoms with van der Waals surface area (Å²) in [4.78, 5) is 0.186. The van der Waals surface area contributed by atoms with E-state index >= 15 is 0 Å². The third-order valence-corrected chi connectivity index (χ3v) is 4.47. The lowest BCUT2D eigenvalue weighted by Gasteiger charge is -2.15. The van der Waals surface area contributed by atoms with Crippen LogP contribution in [0.5, 0.6) is 5.75 Å². The molecule has 0 aliphatic heterocycles. The molecule has 0 saturated heterocycles. The van der Waals surface area contributed by atoms with E-state index in [0.717, 1.165) is 12.0 Å². The molecule has 0 bridgehead atoms. The molecule has 5 nitrogen and oxygen atoms in total. The number of sulfonamides is 1. The fraction of sp³-hybridized carbons (Fsp3) is 0.571. The molecule has 1 aromatic rings. The predicted molar refractivity (Wildman–Crippen MR) is 78.5 cm³/mol. The van der Waals surface area contributed by atoms with Crippen molar-refractivity contribution in [3.05, 3.63) is 23.8 Å². The van der Waals surface area contributed by atoms with Crippen molar-refractivity contribution in [3.63, 3.8) is 0 Å². The molecular formula is C14H23NO4S. The van der Waals surface area contributed by atoms with Crippen LogP contribution >= 0.6 is 0 Å². The van der Waals surface area contributed by atoms with E-state index in [1.807, 2.05) is 20.8 Å². The number of hydrogen-bond donors (Lipinski definition) is 2. The molecule has 0 radical (unpaired) electrons. The molecule has 6 heteroatoms. The smallest absolute Gasteiger partial charge is 0.240 e. The molecule has 20 heavy (non-hydrogen) atoms. The van der Waals surface area contributed by atoms with Gasteiger partial charge in [0.05, 0.1) is 18.1 Å². The van der Waals surface area contributed by atoms with Crippen molar-refractivity contribution < 1.29 is 18.3 Å². The highest BCUT2D eigenvalue weighted by molar-refractivity contribution is 7.89. The average molecular weight is 301 g/mol. The number of aliphatic hydroxyl groups excluding tert-OH is 1. The summed E-state index contributed by atoms with van der Waals surface area (Å²) < 4.78 is 32.4. The van der Waals surface area contributed by atoms with Crippen LogP contribution in [0.1, 0.15) is 32.3 Å². The highest BCUT2D eigenvalue weighted by Crippen LogP contribution is 2.22. The van der Waals surface area contributed by atoms with Gasteiger partial charge < -0.3 is 9.84 Å². The van der Waals surface area contributed by atoms with Gasteiger partial charge in [-0.05, 0) is 43.5 Å². The Morgan fingerprint density at radius 2 is 2.05 bits per heavy atom. The largest absolute Gasteiger partial charge is 0.493 e. The van der Waals surface area contributed by atoms with E-state index < -0.39 is 16.1 Å². The van der Waals surface area contributed by atoms with Gasteiger partial charge in [-0.15, -0.1) is 0 Å². The summed E-state index contributed by atoms with van der Waals surface area (Å²) in [5.41, 5.74) is 0.776. The summed E-state index contributed by atoms with van der Waals surface area (Å²) in [5, 5.41) is 9.09. The van der Waals surface area contributed by atoms with Gasteiger partial charge in [0.1, 0.15) is 5.75 Å². The second kappa shape index (κ2) is 7.61. The predicted octanol–water partition coefficient (Wildman–Crippen LogP) is 1.83. The van der Waals surface area contributed by atoms with Crippen molar-refractivity contribution in [2.45, 2.75) is 44.6 Å². The normalized spacial score (nSPS) is 13.2. The van der Waals surface area contributed by atoms with Crippen molar-refractivity contribution in [3.8, 4) is 5.75 Å². The second-order valence-electron chi connectivity index (χ2n) is 4.68. The molecule has 2 N–H and O–H groups in total. The van der Waals surface area contributed by atoms with Crippen LogP contribution in [0, 0.1) is 6.92 Å². The van der Waals surface area contributed by atoms with Crippen molar-refractivity contribution in [2.75, 3.05) is 13.2 Å². The van der Waals surface area contributed by atoms with Gasteiger partial charge >= 0.3 is 0 Å². The first-order valence-electron chi connectivity index (χ1n) is 6.81. The number of benzene rings is 1. The number of nitrogens with one attached hydrogen (secondary N) is 1. The van der Waals surface area contributed by atoms with Gasteiger partial charge in [-0.25, -0.2) is 13.1 Å². The molecule has 0 aliphatic rings. The molecule has 0 amide bonds. The van der Waals surface area contributed by atoms with Crippen LogP contribution in [-0.2, 0) is 10.0 Å². The Bertz CT molecular complexity index is 524. The van der Waals surface area contributed by atoms with E-state index in [4.69, 9.17) is 9.84 Å². The Labute approximate surface area is 121 Å². The molecule has 0 aliphatic carbocycles. The van der Waals surface area contributed by atoms with Crippen LogP contribution in [0.2, 0.25) is 0 Å². The van der Waals surface area contributed by atoms with E-state index in [2.05, 4.69) is 4.72 Å². The molecule has 0 unspecified atom stereocenters. The Morgan fingerprint density at radius 1 is 1.35 bits per heavy atom. The first kappa shape index (κ1) is 16.9. The van der Waals surface area contributed by atoms with E-state index in [9.17, 15) is 8.42 Å². The monoisotopic (exact) mass is 301 g/mol. The van der Waals surface area contributed by atoms with Crippen LogP contribution < -0.4 is 9.46 Å². The summed E-state index contributed by atoms with van der Waals surface area (Å²) in [7, 11) is -3.61. The highest BCUT2D eigenvalue weighted by Gasteiger charge is 2.19. The van der Waals surface area contributed by atoms with E-state index in [1.54, 1.807) is 12.1 Å². The molecule has 0 heterocycles. The van der Waals surface area contributed by atoms with E-state index in [1.165, 1.54) is 6.07 Å². The van der Waals surface area contributed by atoms with Crippen LogP contribution in [0.15, 0.2) is 23.1 Å². The van der Waals surface area contributed by atoms with Gasteiger partial charge in [0, 0.05) is 6.04 Å². The van der Waals surface area contributed by atoms with Crippen molar-refractivity contribution >= 4 is 10.0 Å². The number of aryl methyl sites for hydroxylation is 1. The topological polar surface area (TPSA) is 75.6 Å². The number of ether oxygens (including phenoxy) is 1. The van der Waals surface area contributed by atoms with E-state index in [-0.39, 0.29) is 11.5 Å². The maximum absolute atomic E-state index is 12.2. The lowest BCUT2D eigenvalue weighted by molar-refractivity contribution is 0.254. The molecule has 1 atom stereocenters. The van der Waals surface area contributed by atoms with Gasteiger partial charge in [0.15, 0.2) is 0 Å². The second-order valence-corrected chi connectivity index (χ2v) is 6.40. The number of rotatable bonds is 8. The van der Waals surface area contributed by atoms with Crippen LogP contribution in [0.25, 0.3) is 0 Å². The lowest BCUT2D eigenvalue weighted by Crippen LogP contribution is -2.36. The maximum atomic E-state index is 12.2. The summed E-state index contributed by atoms with van der Waals surface area (Å²) >= 11 is 0. The Hall–Kier alpha value is -1.11. The Morgan fingerprint density at radius 3 is 2.55 bits per heavy atom. The SMILES string of the molecule is CCCOc1ccc(S(=O)(=O)N[C@H](CC)CO)cc1C.